The predicted octanol–water partition coefficient (Wildman–Crippen LogP) is 5.14. The van der Waals surface area contributed by atoms with Gasteiger partial charge in [0.2, 0.25) is 5.43 Å². The highest BCUT2D eigenvalue weighted by molar-refractivity contribution is 7.12. The molecule has 0 fully saturated rings. The molecule has 1 amide bonds. The van der Waals surface area contributed by atoms with E-state index < -0.39 is 0 Å². The van der Waals surface area contributed by atoms with Crippen LogP contribution in [-0.4, -0.2) is 15.7 Å². The molecular formula is C24H21N3O2S. The lowest BCUT2D eigenvalue weighted by atomic mass is 10.0. The van der Waals surface area contributed by atoms with E-state index in [1.807, 2.05) is 73.8 Å². The SMILES string of the molecule is Cc1ccc(-n2nc(C)c(=O)c(-c3ccccc3)c2NC(=O)c2cccs2)cc1C. The Morgan fingerprint density at radius 2 is 1.73 bits per heavy atom. The summed E-state index contributed by atoms with van der Waals surface area (Å²) in [6.07, 6.45) is 0. The van der Waals surface area contributed by atoms with Gasteiger partial charge in [-0.3, -0.25) is 9.59 Å². The van der Waals surface area contributed by atoms with Gasteiger partial charge in [0.05, 0.1) is 16.1 Å². The first-order valence-electron chi connectivity index (χ1n) is 9.57. The van der Waals surface area contributed by atoms with Crippen molar-refractivity contribution >= 4 is 23.1 Å². The molecule has 2 heterocycles. The summed E-state index contributed by atoms with van der Waals surface area (Å²) < 4.78 is 1.65. The van der Waals surface area contributed by atoms with Crippen LogP contribution in [0, 0.1) is 20.8 Å². The van der Waals surface area contributed by atoms with Gasteiger partial charge in [0.15, 0.2) is 0 Å². The molecule has 6 heteroatoms. The van der Waals surface area contributed by atoms with Crippen LogP contribution in [0.2, 0.25) is 0 Å². The van der Waals surface area contributed by atoms with Gasteiger partial charge in [0, 0.05) is 0 Å². The maximum atomic E-state index is 13.1. The number of hydrogen-bond donors (Lipinski definition) is 1. The number of anilines is 1. The number of nitrogens with one attached hydrogen (secondary N) is 1. The van der Waals surface area contributed by atoms with Crippen LogP contribution >= 0.6 is 11.3 Å². The summed E-state index contributed by atoms with van der Waals surface area (Å²) in [7, 11) is 0. The van der Waals surface area contributed by atoms with E-state index in [1.165, 1.54) is 11.3 Å². The molecule has 150 valence electrons. The summed E-state index contributed by atoms with van der Waals surface area (Å²) in [5.41, 5.74) is 4.34. The summed E-state index contributed by atoms with van der Waals surface area (Å²) in [4.78, 5) is 26.6. The minimum absolute atomic E-state index is 0.206. The van der Waals surface area contributed by atoms with Crippen LogP contribution in [0.4, 0.5) is 5.82 Å². The Bertz CT molecular complexity index is 1280. The molecule has 0 spiro atoms. The molecule has 2 aromatic heterocycles. The molecule has 0 atom stereocenters. The molecule has 30 heavy (non-hydrogen) atoms. The summed E-state index contributed by atoms with van der Waals surface area (Å²) in [5.74, 6) is 0.0864. The first kappa shape index (κ1) is 19.8. The average Bonchev–Trinajstić information content (AvgIpc) is 3.28. The third kappa shape index (κ3) is 3.69. The molecule has 0 aliphatic rings. The second kappa shape index (κ2) is 8.08. The first-order chi connectivity index (χ1) is 14.5. The van der Waals surface area contributed by atoms with Crippen molar-refractivity contribution in [3.05, 3.63) is 98.0 Å². The second-order valence-electron chi connectivity index (χ2n) is 7.12. The lowest BCUT2D eigenvalue weighted by Crippen LogP contribution is -2.24. The minimum Gasteiger partial charge on any atom is -0.305 e. The fourth-order valence-corrected chi connectivity index (χ4v) is 3.87. The molecule has 5 nitrogen and oxygen atoms in total. The normalized spacial score (nSPS) is 10.8. The fraction of sp³-hybridized carbons (Fsp3) is 0.125. The van der Waals surface area contributed by atoms with E-state index in [1.54, 1.807) is 17.7 Å². The Labute approximate surface area is 178 Å². The van der Waals surface area contributed by atoms with Crippen molar-refractivity contribution in [3.8, 4) is 16.8 Å². The molecule has 4 aromatic rings. The molecule has 0 saturated carbocycles. The lowest BCUT2D eigenvalue weighted by Gasteiger charge is -2.18. The summed E-state index contributed by atoms with van der Waals surface area (Å²) in [6, 6.07) is 18.9. The molecular weight excluding hydrogens is 394 g/mol. The van der Waals surface area contributed by atoms with Crippen LogP contribution in [0.25, 0.3) is 16.8 Å². The number of carbonyl (C=O) groups is 1. The third-order valence-electron chi connectivity index (χ3n) is 5.03. The van der Waals surface area contributed by atoms with Gasteiger partial charge in [0.1, 0.15) is 11.5 Å². The van der Waals surface area contributed by atoms with Gasteiger partial charge < -0.3 is 5.32 Å². The van der Waals surface area contributed by atoms with Crippen LogP contribution in [0.15, 0.2) is 70.8 Å². The Morgan fingerprint density at radius 3 is 2.40 bits per heavy atom. The number of aryl methyl sites for hydroxylation is 3. The van der Waals surface area contributed by atoms with Crippen molar-refractivity contribution in [3.63, 3.8) is 0 Å². The highest BCUT2D eigenvalue weighted by Crippen LogP contribution is 2.28. The average molecular weight is 416 g/mol. The van der Waals surface area contributed by atoms with E-state index in [0.717, 1.165) is 22.4 Å². The van der Waals surface area contributed by atoms with Gasteiger partial charge in [0.25, 0.3) is 5.91 Å². The zero-order chi connectivity index (χ0) is 21.3. The third-order valence-corrected chi connectivity index (χ3v) is 5.90. The standard InChI is InChI=1S/C24H21N3O2S/c1-15-11-12-19(14-16(15)2)27-23(25-24(29)20-10-7-13-30-20)21(22(28)17(3)26-27)18-8-5-4-6-9-18/h4-14H,1-3H3,(H,25,29). The van der Waals surface area contributed by atoms with Gasteiger partial charge in [-0.25, -0.2) is 4.68 Å². The molecule has 2 aromatic carbocycles. The number of amides is 1. The van der Waals surface area contributed by atoms with Crippen molar-refractivity contribution < 1.29 is 4.79 Å². The maximum absolute atomic E-state index is 13.1. The number of hydrogen-bond acceptors (Lipinski definition) is 4. The molecule has 0 aliphatic carbocycles. The smallest absolute Gasteiger partial charge is 0.266 e. The molecule has 4 rings (SSSR count). The highest BCUT2D eigenvalue weighted by Gasteiger charge is 2.21. The zero-order valence-electron chi connectivity index (χ0n) is 17.0. The van der Waals surface area contributed by atoms with E-state index >= 15 is 0 Å². The van der Waals surface area contributed by atoms with Crippen molar-refractivity contribution in [1.29, 1.82) is 0 Å². The van der Waals surface area contributed by atoms with Gasteiger partial charge >= 0.3 is 0 Å². The first-order valence-corrected chi connectivity index (χ1v) is 10.5. The van der Waals surface area contributed by atoms with Crippen molar-refractivity contribution in [2.45, 2.75) is 20.8 Å². The number of nitrogens with zero attached hydrogens (tertiary/aromatic N) is 2. The Balaban J connectivity index is 1.99. The van der Waals surface area contributed by atoms with Gasteiger partial charge in [-0.05, 0) is 61.0 Å². The number of aromatic nitrogens is 2. The van der Waals surface area contributed by atoms with Gasteiger partial charge in [-0.15, -0.1) is 11.3 Å². The maximum Gasteiger partial charge on any atom is 0.266 e. The number of rotatable bonds is 4. The molecule has 1 N–H and O–H groups in total. The number of thiophene rings is 1. The largest absolute Gasteiger partial charge is 0.305 e. The fourth-order valence-electron chi connectivity index (χ4n) is 3.25. The Morgan fingerprint density at radius 1 is 0.967 bits per heavy atom. The van der Waals surface area contributed by atoms with Crippen molar-refractivity contribution in [1.82, 2.24) is 9.78 Å². The van der Waals surface area contributed by atoms with Crippen molar-refractivity contribution in [2.24, 2.45) is 0 Å². The molecule has 0 saturated heterocycles. The van der Waals surface area contributed by atoms with Crippen LogP contribution in [0.5, 0.6) is 0 Å². The van der Waals surface area contributed by atoms with Crippen LogP contribution in [-0.2, 0) is 0 Å². The van der Waals surface area contributed by atoms with E-state index in [-0.39, 0.29) is 11.3 Å². The Kier molecular flexibility index (Phi) is 5.33. The number of benzene rings is 2. The molecule has 0 bridgehead atoms. The summed E-state index contributed by atoms with van der Waals surface area (Å²) >= 11 is 1.35. The van der Waals surface area contributed by atoms with Crippen LogP contribution in [0.3, 0.4) is 0 Å². The highest BCUT2D eigenvalue weighted by atomic mass is 32.1. The lowest BCUT2D eigenvalue weighted by molar-refractivity contribution is 0.102. The van der Waals surface area contributed by atoms with E-state index in [0.29, 0.717) is 22.0 Å². The van der Waals surface area contributed by atoms with E-state index in [2.05, 4.69) is 10.4 Å². The van der Waals surface area contributed by atoms with E-state index in [9.17, 15) is 9.59 Å². The van der Waals surface area contributed by atoms with Crippen LogP contribution < -0.4 is 10.7 Å². The predicted molar refractivity (Wildman–Crippen MR) is 122 cm³/mol. The van der Waals surface area contributed by atoms with Gasteiger partial charge in [-0.1, -0.05) is 42.5 Å². The summed E-state index contributed by atoms with van der Waals surface area (Å²) in [5, 5.41) is 9.32. The quantitative estimate of drug-likeness (QED) is 0.502. The van der Waals surface area contributed by atoms with Crippen molar-refractivity contribution in [2.75, 3.05) is 5.32 Å². The molecule has 0 unspecified atom stereocenters. The number of carbonyl (C=O) groups excluding carboxylic acids is 1. The topological polar surface area (TPSA) is 64.0 Å². The zero-order valence-corrected chi connectivity index (χ0v) is 17.8. The van der Waals surface area contributed by atoms with Gasteiger partial charge in [-0.2, -0.15) is 5.10 Å². The Hall–Kier alpha value is -3.51. The monoisotopic (exact) mass is 415 g/mol. The van der Waals surface area contributed by atoms with E-state index in [4.69, 9.17) is 0 Å². The molecule has 0 aliphatic heterocycles. The molecule has 0 radical (unpaired) electrons. The second-order valence-corrected chi connectivity index (χ2v) is 8.06. The van der Waals surface area contributed by atoms with Crippen LogP contribution in [0.1, 0.15) is 26.5 Å². The minimum atomic E-state index is -0.273. The summed E-state index contributed by atoms with van der Waals surface area (Å²) in [6.45, 7) is 5.76.